The lowest BCUT2D eigenvalue weighted by molar-refractivity contribution is 0.0951. The van der Waals surface area contributed by atoms with Crippen molar-refractivity contribution in [3.05, 3.63) is 33.8 Å². The molecule has 2 rings (SSSR count). The van der Waals surface area contributed by atoms with Gasteiger partial charge in [0.25, 0.3) is 5.91 Å². The molecule has 0 bridgehead atoms. The molecule has 1 aliphatic rings. The van der Waals surface area contributed by atoms with E-state index in [9.17, 15) is 4.79 Å². The Morgan fingerprint density at radius 3 is 2.84 bits per heavy atom. The van der Waals surface area contributed by atoms with Gasteiger partial charge in [0.1, 0.15) is 0 Å². The second kappa shape index (κ2) is 7.06. The summed E-state index contributed by atoms with van der Waals surface area (Å²) in [5, 5.41) is 3.00. The lowest BCUT2D eigenvalue weighted by Crippen LogP contribution is -2.29. The van der Waals surface area contributed by atoms with Crippen LogP contribution < -0.4 is 5.32 Å². The Bertz CT molecular complexity index is 442. The van der Waals surface area contributed by atoms with Crippen LogP contribution in [-0.4, -0.2) is 37.0 Å². The van der Waals surface area contributed by atoms with E-state index in [4.69, 9.17) is 0 Å². The number of carbonyl (C=O) groups is 1. The van der Waals surface area contributed by atoms with Gasteiger partial charge in [-0.2, -0.15) is 0 Å². The molecule has 1 aliphatic heterocycles. The Labute approximate surface area is 123 Å². The molecule has 104 valence electrons. The molecule has 0 atom stereocenters. The zero-order chi connectivity index (χ0) is 13.7. The van der Waals surface area contributed by atoms with Gasteiger partial charge in [-0.05, 0) is 63.5 Å². The molecule has 1 N–H and O–H groups in total. The van der Waals surface area contributed by atoms with Crippen molar-refractivity contribution in [1.82, 2.24) is 10.2 Å². The maximum Gasteiger partial charge on any atom is 0.251 e. The van der Waals surface area contributed by atoms with Crippen LogP contribution in [-0.2, 0) is 0 Å². The summed E-state index contributed by atoms with van der Waals surface area (Å²) in [4.78, 5) is 14.5. The van der Waals surface area contributed by atoms with Crippen LogP contribution in [0.4, 0.5) is 0 Å². The summed E-state index contributed by atoms with van der Waals surface area (Å²) < 4.78 is 0.984. The first-order valence-corrected chi connectivity index (χ1v) is 7.73. The first-order chi connectivity index (χ1) is 9.18. The topological polar surface area (TPSA) is 32.3 Å². The molecule has 0 aromatic heterocycles. The first kappa shape index (κ1) is 14.5. The Morgan fingerprint density at radius 1 is 1.37 bits per heavy atom. The molecule has 1 saturated heterocycles. The average Bonchev–Trinajstić information content (AvgIpc) is 2.91. The molecule has 1 aromatic rings. The third-order valence-corrected chi connectivity index (χ3v) is 4.51. The number of hydrogen-bond donors (Lipinski definition) is 1. The van der Waals surface area contributed by atoms with Crippen molar-refractivity contribution in [3.8, 4) is 0 Å². The Morgan fingerprint density at radius 2 is 2.11 bits per heavy atom. The number of rotatable bonds is 5. The zero-order valence-corrected chi connectivity index (χ0v) is 13.0. The fourth-order valence-electron chi connectivity index (χ4n) is 2.46. The normalized spacial score (nSPS) is 15.7. The van der Waals surface area contributed by atoms with Gasteiger partial charge in [-0.15, -0.1) is 0 Å². The number of halogens is 1. The molecule has 1 amide bonds. The molecule has 1 fully saturated rings. The van der Waals surface area contributed by atoms with Gasteiger partial charge < -0.3 is 10.2 Å². The van der Waals surface area contributed by atoms with Crippen LogP contribution in [0, 0.1) is 6.92 Å². The third kappa shape index (κ3) is 4.05. The highest BCUT2D eigenvalue weighted by Crippen LogP contribution is 2.19. The van der Waals surface area contributed by atoms with Crippen molar-refractivity contribution in [2.24, 2.45) is 0 Å². The van der Waals surface area contributed by atoms with Gasteiger partial charge in [0.15, 0.2) is 0 Å². The quantitative estimate of drug-likeness (QED) is 0.844. The Kier molecular flexibility index (Phi) is 5.40. The standard InChI is InChI=1S/C15H21BrN2O/c1-12-13(6-4-7-14(12)16)15(19)17-8-5-11-18-9-2-3-10-18/h4,6-7H,2-3,5,8-11H2,1H3,(H,17,19). The van der Waals surface area contributed by atoms with Crippen LogP contribution in [0.3, 0.4) is 0 Å². The van der Waals surface area contributed by atoms with E-state index < -0.39 is 0 Å². The molecule has 3 nitrogen and oxygen atoms in total. The molecule has 19 heavy (non-hydrogen) atoms. The molecular formula is C15H21BrN2O. The van der Waals surface area contributed by atoms with Crippen LogP contribution in [0.1, 0.15) is 35.2 Å². The summed E-state index contributed by atoms with van der Waals surface area (Å²) >= 11 is 3.45. The number of hydrogen-bond acceptors (Lipinski definition) is 2. The summed E-state index contributed by atoms with van der Waals surface area (Å²) in [7, 11) is 0. The highest BCUT2D eigenvalue weighted by Gasteiger charge is 2.12. The first-order valence-electron chi connectivity index (χ1n) is 6.94. The largest absolute Gasteiger partial charge is 0.352 e. The number of nitrogens with one attached hydrogen (secondary N) is 1. The van der Waals surface area contributed by atoms with Crippen molar-refractivity contribution in [1.29, 1.82) is 0 Å². The van der Waals surface area contributed by atoms with Crippen LogP contribution in [0.15, 0.2) is 22.7 Å². The van der Waals surface area contributed by atoms with E-state index in [0.717, 1.165) is 35.1 Å². The number of nitrogens with zero attached hydrogens (tertiary/aromatic N) is 1. The minimum atomic E-state index is 0.0280. The smallest absolute Gasteiger partial charge is 0.251 e. The van der Waals surface area contributed by atoms with Crippen molar-refractivity contribution in [2.75, 3.05) is 26.2 Å². The van der Waals surface area contributed by atoms with E-state index in [0.29, 0.717) is 0 Å². The van der Waals surface area contributed by atoms with E-state index >= 15 is 0 Å². The van der Waals surface area contributed by atoms with Crippen LogP contribution in [0.2, 0.25) is 0 Å². The van der Waals surface area contributed by atoms with Gasteiger partial charge in [-0.3, -0.25) is 4.79 Å². The number of amides is 1. The molecule has 0 aliphatic carbocycles. The molecular weight excluding hydrogens is 304 g/mol. The van der Waals surface area contributed by atoms with Crippen LogP contribution >= 0.6 is 15.9 Å². The monoisotopic (exact) mass is 324 g/mol. The summed E-state index contributed by atoms with van der Waals surface area (Å²) in [6.45, 7) is 6.25. The van der Waals surface area contributed by atoms with Crippen molar-refractivity contribution >= 4 is 21.8 Å². The molecule has 4 heteroatoms. The minimum Gasteiger partial charge on any atom is -0.352 e. The van der Waals surface area contributed by atoms with E-state index in [-0.39, 0.29) is 5.91 Å². The predicted molar refractivity (Wildman–Crippen MR) is 81.5 cm³/mol. The second-order valence-corrected chi connectivity index (χ2v) is 5.92. The highest BCUT2D eigenvalue weighted by atomic mass is 79.9. The van der Waals surface area contributed by atoms with Crippen molar-refractivity contribution in [3.63, 3.8) is 0 Å². The van der Waals surface area contributed by atoms with Gasteiger partial charge in [0.2, 0.25) is 0 Å². The Hall–Kier alpha value is -0.870. The lowest BCUT2D eigenvalue weighted by atomic mass is 10.1. The van der Waals surface area contributed by atoms with Crippen molar-refractivity contribution < 1.29 is 4.79 Å². The van der Waals surface area contributed by atoms with Crippen LogP contribution in [0.5, 0.6) is 0 Å². The van der Waals surface area contributed by atoms with Gasteiger partial charge in [-0.25, -0.2) is 0 Å². The molecule has 0 unspecified atom stereocenters. The number of likely N-dealkylation sites (tertiary alicyclic amines) is 1. The fraction of sp³-hybridized carbons (Fsp3) is 0.533. The number of benzene rings is 1. The van der Waals surface area contributed by atoms with E-state index in [1.165, 1.54) is 25.9 Å². The third-order valence-electron chi connectivity index (χ3n) is 3.65. The van der Waals surface area contributed by atoms with Gasteiger partial charge in [-0.1, -0.05) is 22.0 Å². The molecule has 0 radical (unpaired) electrons. The second-order valence-electron chi connectivity index (χ2n) is 5.07. The molecule has 0 spiro atoms. The Balaban J connectivity index is 1.76. The van der Waals surface area contributed by atoms with Crippen molar-refractivity contribution in [2.45, 2.75) is 26.2 Å². The van der Waals surface area contributed by atoms with E-state index in [2.05, 4.69) is 26.1 Å². The average molecular weight is 325 g/mol. The van der Waals surface area contributed by atoms with Crippen LogP contribution in [0.25, 0.3) is 0 Å². The highest BCUT2D eigenvalue weighted by molar-refractivity contribution is 9.10. The summed E-state index contributed by atoms with van der Waals surface area (Å²) in [5.41, 5.74) is 1.76. The number of carbonyl (C=O) groups excluding carboxylic acids is 1. The lowest BCUT2D eigenvalue weighted by Gasteiger charge is -2.14. The summed E-state index contributed by atoms with van der Waals surface area (Å²) in [6.07, 6.45) is 3.67. The van der Waals surface area contributed by atoms with Gasteiger partial charge in [0, 0.05) is 16.6 Å². The maximum atomic E-state index is 12.1. The fourth-order valence-corrected chi connectivity index (χ4v) is 2.83. The maximum absolute atomic E-state index is 12.1. The molecule has 1 aromatic carbocycles. The summed E-state index contributed by atoms with van der Waals surface area (Å²) in [5.74, 6) is 0.0280. The SMILES string of the molecule is Cc1c(Br)cccc1C(=O)NCCCN1CCCC1. The van der Waals surface area contributed by atoms with Gasteiger partial charge in [0.05, 0.1) is 0 Å². The van der Waals surface area contributed by atoms with E-state index in [1.54, 1.807) is 0 Å². The van der Waals surface area contributed by atoms with E-state index in [1.807, 2.05) is 25.1 Å². The predicted octanol–water partition coefficient (Wildman–Crippen LogP) is 2.97. The molecule has 0 saturated carbocycles. The molecule has 1 heterocycles. The summed E-state index contributed by atoms with van der Waals surface area (Å²) in [6, 6.07) is 5.73. The zero-order valence-electron chi connectivity index (χ0n) is 11.4. The van der Waals surface area contributed by atoms with Gasteiger partial charge >= 0.3 is 0 Å². The minimum absolute atomic E-state index is 0.0280.